The number of phenolic OH excluding ortho intramolecular Hbond substituents is 1. The lowest BCUT2D eigenvalue weighted by Crippen LogP contribution is -1.83. The van der Waals surface area contributed by atoms with Crippen molar-refractivity contribution in [3.05, 3.63) is 82.8 Å². The molecule has 26 heavy (non-hydrogen) atoms. The Bertz CT molecular complexity index is 970. The molecule has 0 radical (unpaired) electrons. The molecule has 4 heteroatoms. The fourth-order valence-electron chi connectivity index (χ4n) is 2.75. The van der Waals surface area contributed by atoms with E-state index in [0.29, 0.717) is 0 Å². The Kier molecular flexibility index (Phi) is 4.24. The number of aryl methyl sites for hydroxylation is 1. The molecule has 0 atom stereocenters. The van der Waals surface area contributed by atoms with E-state index in [2.05, 4.69) is 33.0 Å². The van der Waals surface area contributed by atoms with Crippen molar-refractivity contribution in [1.29, 1.82) is 0 Å². The van der Waals surface area contributed by atoms with Crippen LogP contribution in [-0.2, 0) is 0 Å². The number of hydrogen-bond acceptors (Lipinski definition) is 2. The molecule has 0 aliphatic rings. The quantitative estimate of drug-likeness (QED) is 0.455. The molecule has 4 aromatic rings. The van der Waals surface area contributed by atoms with Gasteiger partial charge in [-0.25, -0.2) is 4.98 Å². The molecule has 0 aliphatic carbocycles. The molecule has 0 unspecified atom stereocenters. The average molecular weight is 403 g/mol. The molecule has 4 rings (SSSR count). The van der Waals surface area contributed by atoms with Gasteiger partial charge in [0.2, 0.25) is 0 Å². The normalized spacial score (nSPS) is 10.5. The van der Waals surface area contributed by atoms with Crippen molar-refractivity contribution in [2.75, 3.05) is 0 Å². The molecule has 3 aromatic carbocycles. The molecule has 0 saturated carbocycles. The molecule has 0 amide bonds. The molecule has 0 spiro atoms. The number of aromatic nitrogens is 2. The summed E-state index contributed by atoms with van der Waals surface area (Å²) in [5.41, 5.74) is 5.61. The van der Waals surface area contributed by atoms with Crippen molar-refractivity contribution in [1.82, 2.24) is 9.97 Å². The van der Waals surface area contributed by atoms with Crippen molar-refractivity contribution in [3.63, 3.8) is 0 Å². The third-order valence-corrected chi connectivity index (χ3v) is 4.66. The van der Waals surface area contributed by atoms with Gasteiger partial charge in [0.05, 0.1) is 11.3 Å². The summed E-state index contributed by atoms with van der Waals surface area (Å²) in [4.78, 5) is 8.23. The zero-order chi connectivity index (χ0) is 18.1. The fourth-order valence-corrected chi connectivity index (χ4v) is 3.01. The topological polar surface area (TPSA) is 48.9 Å². The Hall–Kier alpha value is -3.03. The molecule has 126 valence electrons. The molecule has 0 aliphatic heterocycles. The van der Waals surface area contributed by atoms with Crippen LogP contribution < -0.4 is 0 Å². The van der Waals surface area contributed by atoms with Crippen molar-refractivity contribution < 1.29 is 5.11 Å². The summed E-state index contributed by atoms with van der Waals surface area (Å²) < 4.78 is 1.02. The van der Waals surface area contributed by atoms with Crippen LogP contribution >= 0.6 is 15.9 Å². The first-order valence-electron chi connectivity index (χ1n) is 8.16. The van der Waals surface area contributed by atoms with E-state index >= 15 is 0 Å². The van der Waals surface area contributed by atoms with Gasteiger partial charge in [-0.15, -0.1) is 0 Å². The number of H-pyrrole nitrogens is 1. The second-order valence-corrected chi connectivity index (χ2v) is 6.96. The van der Waals surface area contributed by atoms with E-state index in [1.54, 1.807) is 12.1 Å². The number of rotatable bonds is 3. The summed E-state index contributed by atoms with van der Waals surface area (Å²) in [6.07, 6.45) is 0. The Morgan fingerprint density at radius 1 is 0.885 bits per heavy atom. The summed E-state index contributed by atoms with van der Waals surface area (Å²) in [6.45, 7) is 1.99. The van der Waals surface area contributed by atoms with E-state index in [1.807, 2.05) is 55.5 Å². The average Bonchev–Trinajstić information content (AvgIpc) is 3.09. The second kappa shape index (κ2) is 6.70. The second-order valence-electron chi connectivity index (χ2n) is 6.04. The number of hydrogen-bond donors (Lipinski definition) is 2. The highest BCUT2D eigenvalue weighted by molar-refractivity contribution is 9.10. The largest absolute Gasteiger partial charge is 0.508 e. The number of halogens is 1. The Morgan fingerprint density at radius 2 is 1.58 bits per heavy atom. The predicted molar refractivity (Wildman–Crippen MR) is 107 cm³/mol. The van der Waals surface area contributed by atoms with Gasteiger partial charge in [0.25, 0.3) is 0 Å². The van der Waals surface area contributed by atoms with E-state index in [4.69, 9.17) is 4.98 Å². The number of aromatic hydroxyl groups is 1. The maximum Gasteiger partial charge on any atom is 0.138 e. The molecule has 0 fully saturated rings. The number of nitrogens with zero attached hydrogens (tertiary/aromatic N) is 1. The third kappa shape index (κ3) is 3.22. The molecule has 2 N–H and O–H groups in total. The van der Waals surface area contributed by atoms with Crippen molar-refractivity contribution in [2.45, 2.75) is 6.92 Å². The van der Waals surface area contributed by atoms with Crippen molar-refractivity contribution >= 4 is 15.9 Å². The number of benzene rings is 2. The number of nitrogens with one attached hydrogen (secondary N) is 1. The van der Waals surface area contributed by atoms with Crippen molar-refractivity contribution in [2.24, 2.45) is 0 Å². The lowest BCUT2D eigenvalue weighted by Gasteiger charge is -2.02. The van der Waals surface area contributed by atoms with Gasteiger partial charge < -0.3 is 10.1 Å². The van der Waals surface area contributed by atoms with Gasteiger partial charge in [0.15, 0.2) is 0 Å². The molecule has 0 saturated heterocycles. The van der Waals surface area contributed by atoms with E-state index in [0.717, 1.165) is 43.9 Å². The van der Waals surface area contributed by atoms with Crippen LogP contribution in [0.25, 0.3) is 33.9 Å². The molecule has 1 heterocycles. The Morgan fingerprint density at radius 3 is 2.23 bits per heavy atom. The van der Waals surface area contributed by atoms with Crippen LogP contribution in [0.3, 0.4) is 0 Å². The maximum atomic E-state index is 9.53. The van der Waals surface area contributed by atoms with Crippen LogP contribution in [0, 0.1) is 19.1 Å². The highest BCUT2D eigenvalue weighted by atomic mass is 79.9. The van der Waals surface area contributed by atoms with Crippen LogP contribution in [0.5, 0.6) is 5.75 Å². The van der Waals surface area contributed by atoms with Gasteiger partial charge in [0.1, 0.15) is 17.3 Å². The number of aromatic amines is 1. The minimum absolute atomic E-state index is 0.232. The SMILES string of the molecule is Cc1c#cc(-c2nc(-c3ccc(O)cc3)[nH]c2-c2ccc(Br)cc2)cc1. The lowest BCUT2D eigenvalue weighted by atomic mass is 10.1. The van der Waals surface area contributed by atoms with Gasteiger partial charge in [-0.1, -0.05) is 40.2 Å². The maximum absolute atomic E-state index is 9.53. The van der Waals surface area contributed by atoms with Crippen LogP contribution in [0.1, 0.15) is 5.56 Å². The van der Waals surface area contributed by atoms with E-state index in [1.165, 1.54) is 0 Å². The van der Waals surface area contributed by atoms with Gasteiger partial charge in [0, 0.05) is 15.6 Å². The van der Waals surface area contributed by atoms with Gasteiger partial charge >= 0.3 is 0 Å². The first-order chi connectivity index (χ1) is 12.6. The van der Waals surface area contributed by atoms with E-state index in [-0.39, 0.29) is 5.75 Å². The number of imidazole rings is 1. The minimum Gasteiger partial charge on any atom is -0.508 e. The molecule has 3 nitrogen and oxygen atoms in total. The van der Waals surface area contributed by atoms with Crippen LogP contribution in [0.2, 0.25) is 0 Å². The van der Waals surface area contributed by atoms with E-state index in [9.17, 15) is 5.11 Å². The van der Waals surface area contributed by atoms with Gasteiger partial charge in [-0.05, 0) is 61.0 Å². The molecule has 1 aromatic heterocycles. The van der Waals surface area contributed by atoms with Crippen LogP contribution in [-0.4, -0.2) is 15.1 Å². The summed E-state index contributed by atoms with van der Waals surface area (Å²) in [6, 6.07) is 25.4. The Labute approximate surface area is 160 Å². The smallest absolute Gasteiger partial charge is 0.138 e. The highest BCUT2D eigenvalue weighted by Crippen LogP contribution is 2.33. The van der Waals surface area contributed by atoms with Crippen LogP contribution in [0.15, 0.2) is 65.1 Å². The molecule has 0 bridgehead atoms. The standard InChI is InChI=1S/C22H15BrN2O/c1-14-2-4-15(5-3-14)20-21(16-6-10-18(23)11-7-16)25-22(24-20)17-8-12-19(26)13-9-17/h2,4,6-13,26H,1H3,(H,24,25). The number of phenols is 1. The highest BCUT2D eigenvalue weighted by Gasteiger charge is 2.15. The first-order valence-corrected chi connectivity index (χ1v) is 8.96. The Balaban J connectivity index is 1.88. The van der Waals surface area contributed by atoms with Gasteiger partial charge in [-0.2, -0.15) is 0 Å². The fraction of sp³-hybridized carbons (Fsp3) is 0.0455. The summed E-state index contributed by atoms with van der Waals surface area (Å²) in [5.74, 6) is 0.974. The van der Waals surface area contributed by atoms with E-state index < -0.39 is 0 Å². The summed E-state index contributed by atoms with van der Waals surface area (Å²) >= 11 is 3.48. The minimum atomic E-state index is 0.232. The molecular formula is C22H15BrN2O. The zero-order valence-electron chi connectivity index (χ0n) is 14.0. The van der Waals surface area contributed by atoms with Gasteiger partial charge in [-0.3, -0.25) is 0 Å². The zero-order valence-corrected chi connectivity index (χ0v) is 15.6. The van der Waals surface area contributed by atoms with Crippen molar-refractivity contribution in [3.8, 4) is 39.7 Å². The van der Waals surface area contributed by atoms with Crippen LogP contribution in [0.4, 0.5) is 0 Å². The monoisotopic (exact) mass is 402 g/mol. The first kappa shape index (κ1) is 16.4. The molecular weight excluding hydrogens is 388 g/mol. The summed E-state index contributed by atoms with van der Waals surface area (Å²) in [7, 11) is 0. The summed E-state index contributed by atoms with van der Waals surface area (Å²) in [5, 5.41) is 9.53. The third-order valence-electron chi connectivity index (χ3n) is 4.13. The lowest BCUT2D eigenvalue weighted by molar-refractivity contribution is 0.475. The predicted octanol–water partition coefficient (Wildman–Crippen LogP) is 5.79.